The summed E-state index contributed by atoms with van der Waals surface area (Å²) in [5.74, 6) is 1.64. The Balaban J connectivity index is 1.42. The van der Waals surface area contributed by atoms with Gasteiger partial charge in [0, 0.05) is 37.5 Å². The third kappa shape index (κ3) is 3.03. The smallest absolute Gasteiger partial charge is 0.225 e. The monoisotopic (exact) mass is 406 g/mol. The van der Waals surface area contributed by atoms with Gasteiger partial charge in [0.25, 0.3) is 0 Å². The maximum absolute atomic E-state index is 12.8. The fraction of sp³-hybridized carbons (Fsp3) is 0.480. The van der Waals surface area contributed by atoms with E-state index < -0.39 is 0 Å². The Morgan fingerprint density at radius 1 is 1.13 bits per heavy atom. The number of ether oxygens (including phenoxy) is 1. The Morgan fingerprint density at radius 2 is 1.90 bits per heavy atom. The first-order valence-corrected chi connectivity index (χ1v) is 11.0. The number of carbonyl (C=O) groups excluding carboxylic acids is 1. The van der Waals surface area contributed by atoms with Crippen LogP contribution in [-0.4, -0.2) is 59.2 Å². The second-order valence-corrected chi connectivity index (χ2v) is 9.04. The highest BCUT2D eigenvalue weighted by Crippen LogP contribution is 2.55. The number of nitrogens with zero attached hydrogens (tertiary/aromatic N) is 2. The van der Waals surface area contributed by atoms with E-state index in [0.29, 0.717) is 5.91 Å². The van der Waals surface area contributed by atoms with Gasteiger partial charge in [0.1, 0.15) is 5.75 Å². The van der Waals surface area contributed by atoms with Crippen molar-refractivity contribution in [1.29, 1.82) is 0 Å². The maximum Gasteiger partial charge on any atom is 0.225 e. The highest BCUT2D eigenvalue weighted by molar-refractivity contribution is 5.81. The van der Waals surface area contributed by atoms with Crippen molar-refractivity contribution in [2.45, 2.75) is 43.3 Å². The molecular formula is C25H30N2O3. The molecule has 3 aliphatic rings. The lowest BCUT2D eigenvalue weighted by Gasteiger charge is -2.71. The lowest BCUT2D eigenvalue weighted by atomic mass is 9.60. The molecule has 2 aromatic rings. The van der Waals surface area contributed by atoms with Gasteiger partial charge in [0.2, 0.25) is 5.91 Å². The van der Waals surface area contributed by atoms with Gasteiger partial charge in [-0.05, 0) is 36.1 Å². The minimum Gasteiger partial charge on any atom is -0.497 e. The highest BCUT2D eigenvalue weighted by atomic mass is 16.5. The van der Waals surface area contributed by atoms with E-state index in [1.54, 1.807) is 7.11 Å². The van der Waals surface area contributed by atoms with Crippen LogP contribution in [0.2, 0.25) is 0 Å². The highest BCUT2D eigenvalue weighted by Gasteiger charge is 2.66. The van der Waals surface area contributed by atoms with Crippen molar-refractivity contribution in [3.63, 3.8) is 0 Å². The number of aliphatic hydroxyl groups is 1. The topological polar surface area (TPSA) is 53.0 Å². The SMILES string of the molecule is COc1cccc(CN2[C@@H](CO)[C@@H](c3ccccc3)C23CN(C(=O)C2CCC2)C3)c1. The summed E-state index contributed by atoms with van der Waals surface area (Å²) in [5.41, 5.74) is 2.33. The van der Waals surface area contributed by atoms with E-state index in [1.165, 1.54) is 17.5 Å². The van der Waals surface area contributed by atoms with E-state index in [4.69, 9.17) is 4.74 Å². The van der Waals surface area contributed by atoms with Crippen LogP contribution in [0.15, 0.2) is 54.6 Å². The summed E-state index contributed by atoms with van der Waals surface area (Å²) in [7, 11) is 1.68. The number of methoxy groups -OCH3 is 1. The van der Waals surface area contributed by atoms with Gasteiger partial charge in [-0.2, -0.15) is 0 Å². The molecule has 0 radical (unpaired) electrons. The zero-order valence-electron chi connectivity index (χ0n) is 17.5. The van der Waals surface area contributed by atoms with Crippen LogP contribution in [0.25, 0.3) is 0 Å². The molecule has 0 unspecified atom stereocenters. The summed E-state index contributed by atoms with van der Waals surface area (Å²) >= 11 is 0. The van der Waals surface area contributed by atoms with Crippen molar-refractivity contribution in [1.82, 2.24) is 9.80 Å². The predicted octanol–water partition coefficient (Wildman–Crippen LogP) is 3.04. The van der Waals surface area contributed by atoms with Crippen molar-refractivity contribution in [3.8, 4) is 5.75 Å². The van der Waals surface area contributed by atoms with Gasteiger partial charge in [-0.25, -0.2) is 0 Å². The molecule has 0 aromatic heterocycles. The van der Waals surface area contributed by atoms with Crippen LogP contribution in [-0.2, 0) is 11.3 Å². The van der Waals surface area contributed by atoms with Gasteiger partial charge in [0.15, 0.2) is 0 Å². The molecule has 5 rings (SSSR count). The Labute approximate surface area is 178 Å². The number of likely N-dealkylation sites (tertiary alicyclic amines) is 2. The number of hydrogen-bond acceptors (Lipinski definition) is 4. The molecule has 5 nitrogen and oxygen atoms in total. The van der Waals surface area contributed by atoms with E-state index in [2.05, 4.69) is 41.3 Å². The van der Waals surface area contributed by atoms with Crippen molar-refractivity contribution < 1.29 is 14.6 Å². The summed E-state index contributed by atoms with van der Waals surface area (Å²) in [5, 5.41) is 10.3. The van der Waals surface area contributed by atoms with Gasteiger partial charge >= 0.3 is 0 Å². The van der Waals surface area contributed by atoms with Crippen LogP contribution in [0, 0.1) is 5.92 Å². The Hall–Kier alpha value is -2.37. The van der Waals surface area contributed by atoms with Gasteiger partial charge in [0.05, 0.1) is 19.3 Å². The first-order valence-electron chi connectivity index (χ1n) is 11.0. The Bertz CT molecular complexity index is 906. The Kier molecular flexibility index (Phi) is 5.03. The molecule has 1 N–H and O–H groups in total. The summed E-state index contributed by atoms with van der Waals surface area (Å²) in [6, 6.07) is 18.7. The number of amides is 1. The molecule has 2 heterocycles. The molecule has 158 valence electrons. The second kappa shape index (κ2) is 7.71. The van der Waals surface area contributed by atoms with Crippen LogP contribution in [0.4, 0.5) is 0 Å². The fourth-order valence-electron chi connectivity index (χ4n) is 5.67. The summed E-state index contributed by atoms with van der Waals surface area (Å²) in [4.78, 5) is 17.3. The lowest BCUT2D eigenvalue weighted by molar-refractivity contribution is -0.203. The predicted molar refractivity (Wildman–Crippen MR) is 115 cm³/mol. The summed E-state index contributed by atoms with van der Waals surface area (Å²) in [6.45, 7) is 2.36. The van der Waals surface area contributed by atoms with E-state index in [9.17, 15) is 9.90 Å². The minimum atomic E-state index is -0.1000. The van der Waals surface area contributed by atoms with Gasteiger partial charge in [-0.3, -0.25) is 9.69 Å². The zero-order chi connectivity index (χ0) is 20.7. The van der Waals surface area contributed by atoms with E-state index in [1.807, 2.05) is 23.1 Å². The van der Waals surface area contributed by atoms with Crippen molar-refractivity contribution >= 4 is 5.91 Å². The molecule has 1 amide bonds. The number of aliphatic hydroxyl groups excluding tert-OH is 1. The maximum atomic E-state index is 12.8. The first-order chi connectivity index (χ1) is 14.7. The van der Waals surface area contributed by atoms with Crippen LogP contribution < -0.4 is 4.74 Å². The molecule has 3 fully saturated rings. The molecule has 5 heteroatoms. The number of rotatable bonds is 6. The summed E-state index contributed by atoms with van der Waals surface area (Å²) in [6.07, 6.45) is 3.26. The van der Waals surface area contributed by atoms with Gasteiger partial charge < -0.3 is 14.7 Å². The molecular weight excluding hydrogens is 376 g/mol. The van der Waals surface area contributed by atoms with Crippen molar-refractivity contribution in [2.24, 2.45) is 5.92 Å². The second-order valence-electron chi connectivity index (χ2n) is 9.04. The largest absolute Gasteiger partial charge is 0.497 e. The third-order valence-electron chi connectivity index (χ3n) is 7.46. The molecule has 1 aliphatic carbocycles. The molecule has 2 atom stereocenters. The standard InChI is InChI=1S/C25H30N2O3/c1-30-21-12-5-7-18(13-21)14-27-22(15-28)23(19-8-3-2-4-9-19)25(27)16-26(17-25)24(29)20-10-6-11-20/h2-5,7-9,12-13,20,22-23,28H,6,10-11,14-17H2,1H3/t22-,23+/m0/s1. The number of hydrogen-bond donors (Lipinski definition) is 1. The summed E-state index contributed by atoms with van der Waals surface area (Å²) < 4.78 is 5.40. The van der Waals surface area contributed by atoms with Crippen molar-refractivity contribution in [3.05, 3.63) is 65.7 Å². The fourth-order valence-corrected chi connectivity index (χ4v) is 5.67. The molecule has 2 saturated heterocycles. The first kappa shape index (κ1) is 19.6. The molecule has 1 spiro atoms. The van der Waals surface area contributed by atoms with Crippen LogP contribution in [0.1, 0.15) is 36.3 Å². The third-order valence-corrected chi connectivity index (χ3v) is 7.46. The lowest BCUT2D eigenvalue weighted by Crippen LogP contribution is -2.84. The average molecular weight is 407 g/mol. The van der Waals surface area contributed by atoms with E-state index in [-0.39, 0.29) is 30.0 Å². The number of benzene rings is 2. The van der Waals surface area contributed by atoms with Gasteiger partial charge in [-0.1, -0.05) is 48.9 Å². The number of carbonyl (C=O) groups is 1. The minimum absolute atomic E-state index is 0.0551. The molecule has 0 bridgehead atoms. The molecule has 30 heavy (non-hydrogen) atoms. The quantitative estimate of drug-likeness (QED) is 0.801. The van der Waals surface area contributed by atoms with Crippen LogP contribution in [0.5, 0.6) is 5.75 Å². The normalized spacial score (nSPS) is 25.3. The zero-order valence-corrected chi connectivity index (χ0v) is 17.5. The van der Waals surface area contributed by atoms with E-state index in [0.717, 1.165) is 38.2 Å². The van der Waals surface area contributed by atoms with Crippen molar-refractivity contribution in [2.75, 3.05) is 26.8 Å². The van der Waals surface area contributed by atoms with Gasteiger partial charge in [-0.15, -0.1) is 0 Å². The Morgan fingerprint density at radius 3 is 2.53 bits per heavy atom. The average Bonchev–Trinajstić information content (AvgIpc) is 2.69. The molecule has 1 saturated carbocycles. The molecule has 2 aliphatic heterocycles. The van der Waals surface area contributed by atoms with E-state index >= 15 is 0 Å². The van der Waals surface area contributed by atoms with Crippen LogP contribution in [0.3, 0.4) is 0 Å². The van der Waals surface area contributed by atoms with Crippen LogP contribution >= 0.6 is 0 Å². The molecule has 2 aromatic carbocycles.